The van der Waals surface area contributed by atoms with Crippen molar-refractivity contribution in [3.8, 4) is 0 Å². The van der Waals surface area contributed by atoms with E-state index in [1.807, 2.05) is 24.9 Å². The van der Waals surface area contributed by atoms with Crippen LogP contribution in [0.5, 0.6) is 0 Å². The van der Waals surface area contributed by atoms with Crippen LogP contribution in [0.25, 0.3) is 0 Å². The van der Waals surface area contributed by atoms with Crippen LogP contribution in [0.15, 0.2) is 11.6 Å². The van der Waals surface area contributed by atoms with E-state index in [1.165, 1.54) is 0 Å². The lowest BCUT2D eigenvalue weighted by atomic mass is 10.1. The zero-order valence-corrected chi connectivity index (χ0v) is 11.9. The van der Waals surface area contributed by atoms with Crippen LogP contribution in [0.4, 0.5) is 0 Å². The van der Waals surface area contributed by atoms with Gasteiger partial charge in [0, 0.05) is 24.5 Å². The molecule has 18 heavy (non-hydrogen) atoms. The van der Waals surface area contributed by atoms with Crippen molar-refractivity contribution in [1.29, 1.82) is 0 Å². The minimum atomic E-state index is 0.232. The second-order valence-corrected chi connectivity index (χ2v) is 5.32. The molecule has 98 valence electrons. The molecule has 0 fully saturated rings. The molecule has 2 aromatic heterocycles. The van der Waals surface area contributed by atoms with Crippen LogP contribution in [0.3, 0.4) is 0 Å². The van der Waals surface area contributed by atoms with Crippen LogP contribution in [0.1, 0.15) is 35.8 Å². The van der Waals surface area contributed by atoms with Crippen molar-refractivity contribution in [3.05, 3.63) is 28.0 Å². The first-order valence-electron chi connectivity index (χ1n) is 6.19. The van der Waals surface area contributed by atoms with E-state index in [0.29, 0.717) is 0 Å². The fourth-order valence-electron chi connectivity index (χ4n) is 1.88. The lowest BCUT2D eigenvalue weighted by Gasteiger charge is -2.16. The molecule has 0 aliphatic rings. The van der Waals surface area contributed by atoms with Gasteiger partial charge in [0.1, 0.15) is 0 Å². The van der Waals surface area contributed by atoms with Gasteiger partial charge >= 0.3 is 0 Å². The summed E-state index contributed by atoms with van der Waals surface area (Å²) in [5.41, 5.74) is 2.20. The van der Waals surface area contributed by atoms with Crippen LogP contribution in [-0.4, -0.2) is 26.5 Å². The van der Waals surface area contributed by atoms with Gasteiger partial charge in [-0.25, -0.2) is 4.98 Å². The molecule has 2 rings (SSSR count). The lowest BCUT2D eigenvalue weighted by Crippen LogP contribution is -2.26. The molecule has 5 nitrogen and oxygen atoms in total. The van der Waals surface area contributed by atoms with Gasteiger partial charge in [0.2, 0.25) is 0 Å². The Morgan fingerprint density at radius 2 is 2.33 bits per heavy atom. The van der Waals surface area contributed by atoms with E-state index in [-0.39, 0.29) is 6.04 Å². The molecule has 0 spiro atoms. The molecule has 0 amide bonds. The zero-order chi connectivity index (χ0) is 13.0. The van der Waals surface area contributed by atoms with Gasteiger partial charge in [-0.15, -0.1) is 16.4 Å². The summed E-state index contributed by atoms with van der Waals surface area (Å²) in [6, 6.07) is 0.232. The first kappa shape index (κ1) is 13.2. The number of hydrogen-bond acceptors (Lipinski definition) is 5. The number of rotatable bonds is 6. The molecule has 6 heteroatoms. The summed E-state index contributed by atoms with van der Waals surface area (Å²) in [4.78, 5) is 4.53. The number of aromatic nitrogens is 4. The number of thiazole rings is 1. The Kier molecular flexibility index (Phi) is 4.43. The first-order chi connectivity index (χ1) is 8.70. The fourth-order valence-corrected chi connectivity index (χ4v) is 2.70. The molecule has 1 atom stereocenters. The van der Waals surface area contributed by atoms with Gasteiger partial charge in [-0.3, -0.25) is 4.68 Å². The van der Waals surface area contributed by atoms with Crippen LogP contribution < -0.4 is 5.32 Å². The van der Waals surface area contributed by atoms with Gasteiger partial charge < -0.3 is 5.32 Å². The summed E-state index contributed by atoms with van der Waals surface area (Å²) in [6.07, 6.45) is 3.83. The predicted molar refractivity (Wildman–Crippen MR) is 72.6 cm³/mol. The van der Waals surface area contributed by atoms with Gasteiger partial charge in [0.25, 0.3) is 0 Å². The number of hydrogen-bond donors (Lipinski definition) is 1. The van der Waals surface area contributed by atoms with Gasteiger partial charge in [-0.1, -0.05) is 12.1 Å². The maximum atomic E-state index is 4.53. The van der Waals surface area contributed by atoms with E-state index >= 15 is 0 Å². The van der Waals surface area contributed by atoms with Crippen molar-refractivity contribution >= 4 is 11.3 Å². The van der Waals surface area contributed by atoms with Crippen molar-refractivity contribution in [2.45, 2.75) is 32.7 Å². The molecule has 0 saturated carbocycles. The largest absolute Gasteiger partial charge is 0.308 e. The third-order valence-corrected chi connectivity index (χ3v) is 3.78. The molecule has 0 aromatic carbocycles. The summed E-state index contributed by atoms with van der Waals surface area (Å²) in [6.45, 7) is 5.18. The summed E-state index contributed by atoms with van der Waals surface area (Å²) in [5, 5.41) is 14.7. The zero-order valence-electron chi connectivity index (χ0n) is 11.1. The Bertz CT molecular complexity index is 490. The molecule has 0 radical (unpaired) electrons. The molecule has 1 N–H and O–H groups in total. The van der Waals surface area contributed by atoms with E-state index in [0.717, 1.165) is 35.8 Å². The average Bonchev–Trinajstić information content (AvgIpc) is 2.93. The molecule has 2 aromatic rings. The highest BCUT2D eigenvalue weighted by atomic mass is 32.1. The minimum absolute atomic E-state index is 0.232. The van der Waals surface area contributed by atoms with Gasteiger partial charge in [0.15, 0.2) is 0 Å². The second kappa shape index (κ2) is 6.06. The standard InChI is InChI=1S/C12H19N5S/c1-4-5-13-10(11-7-14-16-17(11)3)6-12-15-9(2)8-18-12/h7-8,10,13H,4-6H2,1-3H3. The molecule has 0 saturated heterocycles. The molecule has 1 unspecified atom stereocenters. The Morgan fingerprint density at radius 3 is 2.89 bits per heavy atom. The highest BCUT2D eigenvalue weighted by Crippen LogP contribution is 2.19. The number of nitrogens with zero attached hydrogens (tertiary/aromatic N) is 4. The third-order valence-electron chi connectivity index (χ3n) is 2.79. The molecule has 0 bridgehead atoms. The summed E-state index contributed by atoms with van der Waals surface area (Å²) in [7, 11) is 1.93. The molecule has 0 aliphatic heterocycles. The van der Waals surface area contributed by atoms with E-state index in [4.69, 9.17) is 0 Å². The van der Waals surface area contributed by atoms with Crippen LogP contribution >= 0.6 is 11.3 Å². The maximum absolute atomic E-state index is 4.53. The summed E-state index contributed by atoms with van der Waals surface area (Å²) in [5.74, 6) is 0. The average molecular weight is 265 g/mol. The van der Waals surface area contributed by atoms with E-state index in [1.54, 1.807) is 11.3 Å². The Hall–Kier alpha value is -1.27. The van der Waals surface area contributed by atoms with Gasteiger partial charge in [-0.05, 0) is 19.9 Å². The Balaban J connectivity index is 2.12. The molecular weight excluding hydrogens is 246 g/mol. The first-order valence-corrected chi connectivity index (χ1v) is 7.07. The van der Waals surface area contributed by atoms with E-state index in [9.17, 15) is 0 Å². The van der Waals surface area contributed by atoms with Crippen LogP contribution in [0.2, 0.25) is 0 Å². The summed E-state index contributed by atoms with van der Waals surface area (Å²) < 4.78 is 1.83. The van der Waals surface area contributed by atoms with Crippen molar-refractivity contribution in [2.75, 3.05) is 6.54 Å². The lowest BCUT2D eigenvalue weighted by molar-refractivity contribution is 0.491. The Morgan fingerprint density at radius 1 is 1.50 bits per heavy atom. The predicted octanol–water partition coefficient (Wildman–Crippen LogP) is 1.86. The van der Waals surface area contributed by atoms with Crippen molar-refractivity contribution in [2.24, 2.45) is 7.05 Å². The minimum Gasteiger partial charge on any atom is -0.308 e. The van der Waals surface area contributed by atoms with Crippen LogP contribution in [-0.2, 0) is 13.5 Å². The smallest absolute Gasteiger partial charge is 0.0947 e. The number of aryl methyl sites for hydroxylation is 2. The monoisotopic (exact) mass is 265 g/mol. The van der Waals surface area contributed by atoms with Gasteiger partial charge in [-0.2, -0.15) is 0 Å². The number of nitrogens with one attached hydrogen (secondary N) is 1. The normalized spacial score (nSPS) is 12.8. The van der Waals surface area contributed by atoms with Crippen molar-refractivity contribution < 1.29 is 0 Å². The third kappa shape index (κ3) is 3.14. The SMILES string of the molecule is CCCNC(Cc1nc(C)cs1)c1cnnn1C. The second-order valence-electron chi connectivity index (χ2n) is 4.38. The summed E-state index contributed by atoms with van der Waals surface area (Å²) >= 11 is 1.71. The quantitative estimate of drug-likeness (QED) is 0.866. The van der Waals surface area contributed by atoms with Crippen molar-refractivity contribution in [1.82, 2.24) is 25.3 Å². The van der Waals surface area contributed by atoms with Crippen LogP contribution in [0, 0.1) is 6.92 Å². The topological polar surface area (TPSA) is 55.6 Å². The Labute approximate surface area is 111 Å². The maximum Gasteiger partial charge on any atom is 0.0947 e. The highest BCUT2D eigenvalue weighted by molar-refractivity contribution is 7.09. The van der Waals surface area contributed by atoms with E-state index < -0.39 is 0 Å². The van der Waals surface area contributed by atoms with E-state index in [2.05, 4.69) is 32.9 Å². The molecule has 0 aliphatic carbocycles. The molecule has 2 heterocycles. The van der Waals surface area contributed by atoms with Crippen molar-refractivity contribution in [3.63, 3.8) is 0 Å². The molecular formula is C12H19N5S. The van der Waals surface area contributed by atoms with Gasteiger partial charge in [0.05, 0.1) is 22.9 Å². The highest BCUT2D eigenvalue weighted by Gasteiger charge is 2.17. The fraction of sp³-hybridized carbons (Fsp3) is 0.583.